The van der Waals surface area contributed by atoms with Crippen molar-refractivity contribution in [2.24, 2.45) is 5.73 Å². The fourth-order valence-electron chi connectivity index (χ4n) is 1.96. The van der Waals surface area contributed by atoms with Gasteiger partial charge < -0.3 is 21.7 Å². The summed E-state index contributed by atoms with van der Waals surface area (Å²) in [6.07, 6.45) is 5.18. The van der Waals surface area contributed by atoms with E-state index in [2.05, 4.69) is 0 Å². The maximum absolute atomic E-state index is 10.4. The number of nitrogens with two attached hydrogens (primary N) is 2. The van der Waals surface area contributed by atoms with E-state index in [1.807, 2.05) is 0 Å². The number of hydrogen-bond acceptors (Lipinski definition) is 4. The van der Waals surface area contributed by atoms with Crippen molar-refractivity contribution in [3.8, 4) is 5.75 Å². The van der Waals surface area contributed by atoms with Gasteiger partial charge in [-0.15, -0.1) is 0 Å². The summed E-state index contributed by atoms with van der Waals surface area (Å²) in [6, 6.07) is 4.75. The number of anilines is 1. The molecule has 6 N–H and O–H groups in total. The molecule has 0 saturated heterocycles. The minimum absolute atomic E-state index is 0.0261. The molecule has 4 nitrogen and oxygen atoms in total. The monoisotopic (exact) mass is 218 g/mol. The van der Waals surface area contributed by atoms with Gasteiger partial charge in [0.2, 0.25) is 0 Å². The first-order valence-corrected chi connectivity index (χ1v) is 4.97. The molecule has 0 heterocycles. The van der Waals surface area contributed by atoms with Crippen molar-refractivity contribution < 1.29 is 10.2 Å². The van der Waals surface area contributed by atoms with Crippen molar-refractivity contribution in [3.05, 3.63) is 47.7 Å². The Balaban J connectivity index is 2.53. The first-order chi connectivity index (χ1) is 7.53. The third kappa shape index (κ3) is 1.63. The highest BCUT2D eigenvalue weighted by atomic mass is 16.3. The largest absolute Gasteiger partial charge is 0.507 e. The number of benzene rings is 1. The Kier molecular flexibility index (Phi) is 2.36. The van der Waals surface area contributed by atoms with Crippen LogP contribution in [-0.2, 0) is 5.60 Å². The molecule has 0 fully saturated rings. The maximum Gasteiger partial charge on any atom is 0.124 e. The van der Waals surface area contributed by atoms with Gasteiger partial charge in [-0.25, -0.2) is 0 Å². The first-order valence-electron chi connectivity index (χ1n) is 4.97. The summed E-state index contributed by atoms with van der Waals surface area (Å²) in [5.74, 6) is -0.0261. The van der Waals surface area contributed by atoms with Crippen molar-refractivity contribution in [1.29, 1.82) is 0 Å². The molecule has 0 aliphatic heterocycles. The van der Waals surface area contributed by atoms with Gasteiger partial charge in [0, 0.05) is 17.8 Å². The van der Waals surface area contributed by atoms with E-state index >= 15 is 0 Å². The number of aliphatic hydroxyl groups is 1. The molecule has 0 spiro atoms. The zero-order chi connectivity index (χ0) is 11.8. The summed E-state index contributed by atoms with van der Waals surface area (Å²) in [6.45, 7) is 0. The second kappa shape index (κ2) is 3.57. The van der Waals surface area contributed by atoms with E-state index in [1.165, 1.54) is 6.07 Å². The predicted octanol–water partition coefficient (Wildman–Crippen LogP) is 0.965. The molecule has 1 aliphatic carbocycles. The lowest BCUT2D eigenvalue weighted by molar-refractivity contribution is 0.0860. The highest BCUT2D eigenvalue weighted by molar-refractivity contribution is 5.59. The first kappa shape index (κ1) is 10.6. The van der Waals surface area contributed by atoms with Gasteiger partial charge in [-0.1, -0.05) is 12.1 Å². The SMILES string of the molecule is NC1=CC=CC(O)(c2c(N)cccc2O)C1. The van der Waals surface area contributed by atoms with Gasteiger partial charge in [0.05, 0.1) is 5.56 Å². The second-order valence-electron chi connectivity index (χ2n) is 3.94. The Hall–Kier alpha value is -1.94. The number of hydrogen-bond donors (Lipinski definition) is 4. The molecule has 0 amide bonds. The molecule has 1 unspecified atom stereocenters. The normalized spacial score (nSPS) is 24.2. The summed E-state index contributed by atoms with van der Waals surface area (Å²) >= 11 is 0. The Labute approximate surface area is 93.5 Å². The summed E-state index contributed by atoms with van der Waals surface area (Å²) in [5.41, 5.74) is 11.3. The average Bonchev–Trinajstić information content (AvgIpc) is 2.16. The van der Waals surface area contributed by atoms with Crippen LogP contribution >= 0.6 is 0 Å². The molecule has 0 saturated carbocycles. The molecule has 1 aliphatic rings. The van der Waals surface area contributed by atoms with Crippen molar-refractivity contribution in [2.75, 3.05) is 5.73 Å². The van der Waals surface area contributed by atoms with Crippen LogP contribution in [0.4, 0.5) is 5.69 Å². The third-order valence-corrected chi connectivity index (χ3v) is 2.66. The Morgan fingerprint density at radius 3 is 2.62 bits per heavy atom. The molecule has 0 aromatic heterocycles. The van der Waals surface area contributed by atoms with Crippen LogP contribution in [0.1, 0.15) is 12.0 Å². The summed E-state index contributed by atoms with van der Waals surface area (Å²) < 4.78 is 0. The number of allylic oxidation sites excluding steroid dienone is 2. The summed E-state index contributed by atoms with van der Waals surface area (Å²) in [7, 11) is 0. The molecule has 4 heteroatoms. The Morgan fingerprint density at radius 2 is 2.00 bits per heavy atom. The van der Waals surface area contributed by atoms with Gasteiger partial charge in [-0.3, -0.25) is 0 Å². The number of nitrogen functional groups attached to an aromatic ring is 1. The topological polar surface area (TPSA) is 92.5 Å². The predicted molar refractivity (Wildman–Crippen MR) is 62.4 cm³/mol. The summed E-state index contributed by atoms with van der Waals surface area (Å²) in [5, 5.41) is 20.2. The van der Waals surface area contributed by atoms with E-state index in [9.17, 15) is 10.2 Å². The maximum atomic E-state index is 10.4. The second-order valence-corrected chi connectivity index (χ2v) is 3.94. The molecular weight excluding hydrogens is 204 g/mol. The van der Waals surface area contributed by atoms with Crippen LogP contribution < -0.4 is 11.5 Å². The van der Waals surface area contributed by atoms with E-state index in [-0.39, 0.29) is 12.2 Å². The molecule has 84 valence electrons. The summed E-state index contributed by atoms with van der Waals surface area (Å²) in [4.78, 5) is 0. The standard InChI is InChI=1S/C12H14N2O2/c13-8-3-2-6-12(16,7-8)11-9(14)4-1-5-10(11)15/h1-6,15-16H,7,13-14H2. The quantitative estimate of drug-likeness (QED) is 0.528. The minimum Gasteiger partial charge on any atom is -0.507 e. The molecule has 1 aromatic rings. The number of aromatic hydroxyl groups is 1. The van der Waals surface area contributed by atoms with Gasteiger partial charge in [-0.2, -0.15) is 0 Å². The molecular formula is C12H14N2O2. The van der Waals surface area contributed by atoms with Crippen molar-refractivity contribution in [1.82, 2.24) is 0 Å². The van der Waals surface area contributed by atoms with E-state index in [0.29, 0.717) is 16.9 Å². The van der Waals surface area contributed by atoms with Crippen LogP contribution in [0.15, 0.2) is 42.1 Å². The van der Waals surface area contributed by atoms with E-state index in [0.717, 1.165) is 0 Å². The lowest BCUT2D eigenvalue weighted by Crippen LogP contribution is -2.28. The van der Waals surface area contributed by atoms with Gasteiger partial charge >= 0.3 is 0 Å². The highest BCUT2D eigenvalue weighted by Gasteiger charge is 2.33. The van der Waals surface area contributed by atoms with Crippen LogP contribution in [0.3, 0.4) is 0 Å². The van der Waals surface area contributed by atoms with Gasteiger partial charge in [0.1, 0.15) is 11.4 Å². The molecule has 0 radical (unpaired) electrons. The zero-order valence-electron chi connectivity index (χ0n) is 8.72. The van der Waals surface area contributed by atoms with Crippen molar-refractivity contribution in [2.45, 2.75) is 12.0 Å². The fourth-order valence-corrected chi connectivity index (χ4v) is 1.96. The van der Waals surface area contributed by atoms with Crippen LogP contribution in [0.25, 0.3) is 0 Å². The van der Waals surface area contributed by atoms with Gasteiger partial charge in [0.25, 0.3) is 0 Å². The van der Waals surface area contributed by atoms with Gasteiger partial charge in [-0.05, 0) is 24.3 Å². The van der Waals surface area contributed by atoms with Crippen LogP contribution in [0.5, 0.6) is 5.75 Å². The average molecular weight is 218 g/mol. The van der Waals surface area contributed by atoms with E-state index in [1.54, 1.807) is 30.4 Å². The van der Waals surface area contributed by atoms with E-state index < -0.39 is 5.60 Å². The third-order valence-electron chi connectivity index (χ3n) is 2.66. The van der Waals surface area contributed by atoms with E-state index in [4.69, 9.17) is 11.5 Å². The number of phenols is 1. The number of rotatable bonds is 1. The van der Waals surface area contributed by atoms with Crippen molar-refractivity contribution >= 4 is 5.69 Å². The molecule has 2 rings (SSSR count). The minimum atomic E-state index is -1.33. The zero-order valence-corrected chi connectivity index (χ0v) is 8.72. The number of phenolic OH excluding ortho intramolecular Hbond substituents is 1. The Morgan fingerprint density at radius 1 is 1.25 bits per heavy atom. The smallest absolute Gasteiger partial charge is 0.124 e. The molecule has 0 bridgehead atoms. The van der Waals surface area contributed by atoms with Crippen LogP contribution in [0, 0.1) is 0 Å². The lowest BCUT2D eigenvalue weighted by atomic mass is 9.84. The van der Waals surface area contributed by atoms with Gasteiger partial charge in [0.15, 0.2) is 0 Å². The fraction of sp³-hybridized carbons (Fsp3) is 0.167. The highest BCUT2D eigenvalue weighted by Crippen LogP contribution is 2.39. The molecule has 1 aromatic carbocycles. The van der Waals surface area contributed by atoms with Crippen molar-refractivity contribution in [3.63, 3.8) is 0 Å². The van der Waals surface area contributed by atoms with Crippen LogP contribution in [0.2, 0.25) is 0 Å². The van der Waals surface area contributed by atoms with Crippen LogP contribution in [-0.4, -0.2) is 10.2 Å². The Bertz CT molecular complexity index is 460. The molecule has 1 atom stereocenters. The lowest BCUT2D eigenvalue weighted by Gasteiger charge is -2.29. The molecule has 16 heavy (non-hydrogen) atoms.